The normalized spacial score (nSPS) is 23.1. The van der Waals surface area contributed by atoms with Gasteiger partial charge in [-0.1, -0.05) is 18.6 Å². The van der Waals surface area contributed by atoms with Crippen molar-refractivity contribution < 1.29 is 13.2 Å². The van der Waals surface area contributed by atoms with Crippen molar-refractivity contribution in [2.75, 3.05) is 52.6 Å². The molecule has 0 aliphatic carbocycles. The Kier molecular flexibility index (Phi) is 7.29. The van der Waals surface area contributed by atoms with E-state index in [0.717, 1.165) is 31.3 Å². The van der Waals surface area contributed by atoms with Crippen LogP contribution in [0.25, 0.3) is 0 Å². The van der Waals surface area contributed by atoms with Gasteiger partial charge in [-0.05, 0) is 57.5 Å². The summed E-state index contributed by atoms with van der Waals surface area (Å²) in [6.07, 6.45) is 3.73. The number of piperidine rings is 1. The average Bonchev–Trinajstić information content (AvgIpc) is 2.74. The van der Waals surface area contributed by atoms with E-state index in [1.807, 2.05) is 12.1 Å². The molecular formula is C22H36N4O3S. The van der Waals surface area contributed by atoms with Crippen LogP contribution in [0.1, 0.15) is 44.7 Å². The van der Waals surface area contributed by atoms with Gasteiger partial charge < -0.3 is 15.0 Å². The Morgan fingerprint density at radius 2 is 1.83 bits per heavy atom. The molecule has 30 heavy (non-hydrogen) atoms. The largest absolute Gasteiger partial charge is 0.497 e. The van der Waals surface area contributed by atoms with Gasteiger partial charge in [-0.2, -0.15) is 0 Å². The number of nitrogens with one attached hydrogen (secondary N) is 1. The Morgan fingerprint density at radius 1 is 1.17 bits per heavy atom. The zero-order valence-corrected chi connectivity index (χ0v) is 19.5. The molecule has 2 heterocycles. The molecule has 7 nitrogen and oxygen atoms in total. The number of aliphatic imine (C=N–C) groups is 1. The highest BCUT2D eigenvalue weighted by molar-refractivity contribution is 7.92. The highest BCUT2D eigenvalue weighted by Gasteiger charge is 2.41. The van der Waals surface area contributed by atoms with E-state index < -0.39 is 14.6 Å². The van der Waals surface area contributed by atoms with Crippen molar-refractivity contribution in [1.82, 2.24) is 15.1 Å². The molecule has 2 aliphatic rings. The molecule has 3 rings (SSSR count). The third kappa shape index (κ3) is 5.09. The van der Waals surface area contributed by atoms with Gasteiger partial charge in [-0.15, -0.1) is 0 Å². The summed E-state index contributed by atoms with van der Waals surface area (Å²) in [6, 6.07) is 8.53. The molecule has 168 valence electrons. The van der Waals surface area contributed by atoms with Crippen molar-refractivity contribution in [3.05, 3.63) is 29.8 Å². The number of methoxy groups -OCH3 is 1. The molecule has 1 atom stereocenters. The third-order valence-electron chi connectivity index (χ3n) is 6.34. The predicted octanol–water partition coefficient (Wildman–Crippen LogP) is 2.31. The lowest BCUT2D eigenvalue weighted by Gasteiger charge is -2.40. The Balaban J connectivity index is 1.73. The first-order valence-electron chi connectivity index (χ1n) is 10.8. The van der Waals surface area contributed by atoms with Crippen molar-refractivity contribution in [3.8, 4) is 5.75 Å². The molecule has 0 radical (unpaired) electrons. The van der Waals surface area contributed by atoms with Crippen LogP contribution >= 0.6 is 0 Å². The first kappa shape index (κ1) is 22.9. The highest BCUT2D eigenvalue weighted by Crippen LogP contribution is 2.27. The number of guanidine groups is 1. The second-order valence-corrected chi connectivity index (χ2v) is 11.6. The van der Waals surface area contributed by atoms with E-state index in [1.54, 1.807) is 28.0 Å². The number of rotatable bonds is 5. The second-order valence-electron chi connectivity index (χ2n) is 8.81. The van der Waals surface area contributed by atoms with E-state index in [0.29, 0.717) is 13.1 Å². The van der Waals surface area contributed by atoms with Crippen LogP contribution in [0.2, 0.25) is 0 Å². The van der Waals surface area contributed by atoms with Crippen LogP contribution in [0.15, 0.2) is 29.3 Å². The minimum atomic E-state index is -3.08. The summed E-state index contributed by atoms with van der Waals surface area (Å²) in [5, 5.41) is 3.54. The van der Waals surface area contributed by atoms with Crippen LogP contribution in [0.5, 0.6) is 5.75 Å². The molecule has 1 aromatic rings. The summed E-state index contributed by atoms with van der Waals surface area (Å²) < 4.78 is 29.3. The van der Waals surface area contributed by atoms with Gasteiger partial charge in [-0.3, -0.25) is 9.89 Å². The molecule has 0 spiro atoms. The number of hydrogen-bond donors (Lipinski definition) is 1. The Labute approximate surface area is 181 Å². The standard InChI is InChI=1S/C22H36N4O3S/c1-22(2)17-26(14-15-30(22,27)28)21(23-3)24-16-20(25-12-6-5-7-13-25)18-8-10-19(29-4)11-9-18/h8-11,20H,5-7,12-17H2,1-4H3,(H,23,24). The first-order chi connectivity index (χ1) is 14.3. The fraction of sp³-hybridized carbons (Fsp3) is 0.682. The van der Waals surface area contributed by atoms with Gasteiger partial charge in [0.25, 0.3) is 0 Å². The molecule has 1 N–H and O–H groups in total. The summed E-state index contributed by atoms with van der Waals surface area (Å²) in [6.45, 7) is 7.43. The van der Waals surface area contributed by atoms with Crippen LogP contribution < -0.4 is 10.1 Å². The SMILES string of the molecule is CN=C(NCC(c1ccc(OC)cc1)N1CCCCC1)N1CCS(=O)(=O)C(C)(C)C1. The average molecular weight is 437 g/mol. The predicted molar refractivity (Wildman–Crippen MR) is 122 cm³/mol. The molecular weight excluding hydrogens is 400 g/mol. The van der Waals surface area contributed by atoms with Crippen molar-refractivity contribution >= 4 is 15.8 Å². The first-order valence-corrected chi connectivity index (χ1v) is 12.5. The van der Waals surface area contributed by atoms with Crippen molar-refractivity contribution in [2.45, 2.75) is 43.9 Å². The third-order valence-corrected chi connectivity index (χ3v) is 8.87. The number of nitrogens with zero attached hydrogens (tertiary/aromatic N) is 3. The summed E-state index contributed by atoms with van der Waals surface area (Å²) in [7, 11) is 0.371. The molecule has 1 unspecified atom stereocenters. The van der Waals surface area contributed by atoms with Crippen LogP contribution in [-0.4, -0.2) is 81.6 Å². The lowest BCUT2D eigenvalue weighted by molar-refractivity contribution is 0.163. The van der Waals surface area contributed by atoms with E-state index in [-0.39, 0.29) is 11.8 Å². The number of hydrogen-bond acceptors (Lipinski definition) is 5. The molecule has 2 saturated heterocycles. The maximum absolute atomic E-state index is 12.4. The van der Waals surface area contributed by atoms with Crippen LogP contribution in [0, 0.1) is 0 Å². The van der Waals surface area contributed by atoms with Gasteiger partial charge in [0.15, 0.2) is 15.8 Å². The van der Waals surface area contributed by atoms with Gasteiger partial charge in [0, 0.05) is 26.7 Å². The Hall–Kier alpha value is -1.80. The fourth-order valence-corrected chi connectivity index (χ4v) is 5.72. The van der Waals surface area contributed by atoms with Crippen molar-refractivity contribution in [2.24, 2.45) is 4.99 Å². The summed E-state index contributed by atoms with van der Waals surface area (Å²) in [4.78, 5) is 9.07. The number of ether oxygens (including phenoxy) is 1. The molecule has 0 amide bonds. The molecule has 0 saturated carbocycles. The minimum Gasteiger partial charge on any atom is -0.497 e. The number of likely N-dealkylation sites (tertiary alicyclic amines) is 1. The zero-order chi connectivity index (χ0) is 21.8. The molecule has 8 heteroatoms. The van der Waals surface area contributed by atoms with Gasteiger partial charge in [-0.25, -0.2) is 8.42 Å². The highest BCUT2D eigenvalue weighted by atomic mass is 32.2. The lowest BCUT2D eigenvalue weighted by Crippen LogP contribution is -2.57. The maximum atomic E-state index is 12.4. The zero-order valence-electron chi connectivity index (χ0n) is 18.7. The smallest absolute Gasteiger partial charge is 0.193 e. The molecule has 2 aliphatic heterocycles. The van der Waals surface area contributed by atoms with Gasteiger partial charge >= 0.3 is 0 Å². The molecule has 2 fully saturated rings. The maximum Gasteiger partial charge on any atom is 0.193 e. The van der Waals surface area contributed by atoms with Crippen molar-refractivity contribution in [3.63, 3.8) is 0 Å². The van der Waals surface area contributed by atoms with E-state index in [2.05, 4.69) is 32.2 Å². The lowest BCUT2D eigenvalue weighted by atomic mass is 10.0. The van der Waals surface area contributed by atoms with E-state index >= 15 is 0 Å². The van der Waals surface area contributed by atoms with Gasteiger partial charge in [0.1, 0.15) is 5.75 Å². The Bertz CT molecular complexity index is 830. The summed E-state index contributed by atoms with van der Waals surface area (Å²) >= 11 is 0. The van der Waals surface area contributed by atoms with Crippen molar-refractivity contribution in [1.29, 1.82) is 0 Å². The summed E-state index contributed by atoms with van der Waals surface area (Å²) in [5.74, 6) is 1.79. The summed E-state index contributed by atoms with van der Waals surface area (Å²) in [5.41, 5.74) is 1.25. The van der Waals surface area contributed by atoms with E-state index in [4.69, 9.17) is 4.74 Å². The minimum absolute atomic E-state index is 0.161. The Morgan fingerprint density at radius 3 is 2.40 bits per heavy atom. The molecule has 0 aromatic heterocycles. The fourth-order valence-electron chi connectivity index (χ4n) is 4.36. The van der Waals surface area contributed by atoms with Crippen LogP contribution in [-0.2, 0) is 9.84 Å². The molecule has 0 bridgehead atoms. The quantitative estimate of drug-likeness (QED) is 0.564. The molecule has 1 aromatic carbocycles. The number of benzene rings is 1. The number of sulfone groups is 1. The van der Waals surface area contributed by atoms with Crippen LogP contribution in [0.4, 0.5) is 0 Å². The van der Waals surface area contributed by atoms with Crippen LogP contribution in [0.3, 0.4) is 0 Å². The van der Waals surface area contributed by atoms with E-state index in [9.17, 15) is 8.42 Å². The van der Waals surface area contributed by atoms with Gasteiger partial charge in [0.2, 0.25) is 0 Å². The van der Waals surface area contributed by atoms with Gasteiger partial charge in [0.05, 0.1) is 23.7 Å². The topological polar surface area (TPSA) is 74.2 Å². The monoisotopic (exact) mass is 436 g/mol. The second kappa shape index (κ2) is 9.56. The van der Waals surface area contributed by atoms with E-state index in [1.165, 1.54) is 24.8 Å².